The highest BCUT2D eigenvalue weighted by Crippen LogP contribution is 2.40. The zero-order valence-corrected chi connectivity index (χ0v) is 14.2. The Hall–Kier alpha value is -0.870. The van der Waals surface area contributed by atoms with Crippen LogP contribution in [0.4, 0.5) is 0 Å². The molecule has 1 amide bonds. The lowest BCUT2D eigenvalue weighted by molar-refractivity contribution is -0.123. The number of nitrogens with two attached hydrogens (primary N) is 1. The zero-order chi connectivity index (χ0) is 15.5. The molecule has 1 aliphatic carbocycles. The third kappa shape index (κ3) is 4.07. The van der Waals surface area contributed by atoms with E-state index < -0.39 is 6.04 Å². The summed E-state index contributed by atoms with van der Waals surface area (Å²) in [7, 11) is 0. The second-order valence-electron chi connectivity index (χ2n) is 6.89. The first-order valence-corrected chi connectivity index (χ1v) is 8.91. The van der Waals surface area contributed by atoms with Gasteiger partial charge in [-0.05, 0) is 48.5 Å². The van der Waals surface area contributed by atoms with Gasteiger partial charge in [-0.15, -0.1) is 11.3 Å². The van der Waals surface area contributed by atoms with Gasteiger partial charge >= 0.3 is 0 Å². The van der Waals surface area contributed by atoms with Crippen LogP contribution in [0.25, 0.3) is 0 Å². The maximum absolute atomic E-state index is 12.2. The molecular formula is C17H28N2OS. The van der Waals surface area contributed by atoms with Crippen LogP contribution in [0, 0.1) is 11.3 Å². The van der Waals surface area contributed by atoms with Crippen molar-refractivity contribution in [2.75, 3.05) is 0 Å². The summed E-state index contributed by atoms with van der Waals surface area (Å²) in [6.07, 6.45) is 5.80. The summed E-state index contributed by atoms with van der Waals surface area (Å²) in [4.78, 5) is 13.2. The Morgan fingerprint density at radius 2 is 2.10 bits per heavy atom. The molecule has 1 aromatic rings. The Morgan fingerprint density at radius 3 is 2.62 bits per heavy atom. The first kappa shape index (κ1) is 16.5. The summed E-state index contributed by atoms with van der Waals surface area (Å²) < 4.78 is 0. The van der Waals surface area contributed by atoms with Crippen molar-refractivity contribution in [3.05, 3.63) is 22.4 Å². The number of nitrogens with one attached hydrogen (secondary N) is 1. The molecular weight excluding hydrogens is 280 g/mol. The van der Waals surface area contributed by atoms with Crippen molar-refractivity contribution in [2.24, 2.45) is 17.1 Å². The topological polar surface area (TPSA) is 55.1 Å². The lowest BCUT2D eigenvalue weighted by Gasteiger charge is -2.39. The Bertz CT molecular complexity index is 447. The third-order valence-electron chi connectivity index (χ3n) is 5.22. The monoisotopic (exact) mass is 308 g/mol. The van der Waals surface area contributed by atoms with Gasteiger partial charge in [0.1, 0.15) is 6.04 Å². The van der Waals surface area contributed by atoms with E-state index in [0.29, 0.717) is 11.5 Å². The van der Waals surface area contributed by atoms with Crippen LogP contribution in [0.1, 0.15) is 63.8 Å². The molecule has 0 aliphatic heterocycles. The van der Waals surface area contributed by atoms with Crippen LogP contribution in [-0.2, 0) is 4.79 Å². The summed E-state index contributed by atoms with van der Waals surface area (Å²) >= 11 is 1.54. The minimum absolute atomic E-state index is 0.0318. The number of hydrogen-bond donors (Lipinski definition) is 2. The zero-order valence-electron chi connectivity index (χ0n) is 13.4. The number of amides is 1. The van der Waals surface area contributed by atoms with E-state index in [1.165, 1.54) is 19.3 Å². The second kappa shape index (κ2) is 6.93. The quantitative estimate of drug-likeness (QED) is 0.868. The van der Waals surface area contributed by atoms with Crippen molar-refractivity contribution in [3.8, 4) is 0 Å². The number of thiophene rings is 1. The van der Waals surface area contributed by atoms with Crippen LogP contribution in [0.5, 0.6) is 0 Å². The van der Waals surface area contributed by atoms with Crippen LogP contribution in [0.15, 0.2) is 17.5 Å². The van der Waals surface area contributed by atoms with Gasteiger partial charge in [0.15, 0.2) is 0 Å². The van der Waals surface area contributed by atoms with Crippen molar-refractivity contribution in [2.45, 2.75) is 65.0 Å². The van der Waals surface area contributed by atoms with Gasteiger partial charge < -0.3 is 11.1 Å². The number of hydrogen-bond acceptors (Lipinski definition) is 3. The molecule has 1 heterocycles. The molecule has 21 heavy (non-hydrogen) atoms. The summed E-state index contributed by atoms with van der Waals surface area (Å²) in [5, 5.41) is 5.10. The average Bonchev–Trinajstić information content (AvgIpc) is 3.01. The van der Waals surface area contributed by atoms with Gasteiger partial charge in [-0.2, -0.15) is 0 Å². The standard InChI is InChI=1S/C17H28N2OS/c1-4-17(2,3)12-7-9-13(10-8-12)19-16(20)15(18)14-6-5-11-21-14/h5-6,11-13,15H,4,7-10,18H2,1-3H3,(H,19,20). The van der Waals surface area contributed by atoms with Crippen molar-refractivity contribution in [1.29, 1.82) is 0 Å². The molecule has 0 bridgehead atoms. The maximum Gasteiger partial charge on any atom is 0.242 e. The first-order valence-electron chi connectivity index (χ1n) is 8.03. The Balaban J connectivity index is 1.82. The largest absolute Gasteiger partial charge is 0.352 e. The Morgan fingerprint density at radius 1 is 1.43 bits per heavy atom. The van der Waals surface area contributed by atoms with Crippen molar-refractivity contribution in [3.63, 3.8) is 0 Å². The molecule has 0 aromatic carbocycles. The van der Waals surface area contributed by atoms with Crippen molar-refractivity contribution in [1.82, 2.24) is 5.32 Å². The third-order valence-corrected chi connectivity index (χ3v) is 6.18. The van der Waals surface area contributed by atoms with Gasteiger partial charge in [0.2, 0.25) is 5.91 Å². The second-order valence-corrected chi connectivity index (χ2v) is 7.87. The summed E-state index contributed by atoms with van der Waals surface area (Å²) in [5.41, 5.74) is 6.44. The fraction of sp³-hybridized carbons (Fsp3) is 0.706. The normalized spacial score (nSPS) is 24.6. The molecule has 1 unspecified atom stereocenters. The smallest absolute Gasteiger partial charge is 0.242 e. The SMILES string of the molecule is CCC(C)(C)C1CCC(NC(=O)C(N)c2cccs2)CC1. The minimum Gasteiger partial charge on any atom is -0.352 e. The molecule has 1 aliphatic rings. The van der Waals surface area contributed by atoms with Crippen molar-refractivity contribution < 1.29 is 4.79 Å². The van der Waals surface area contributed by atoms with Crippen LogP contribution in [0.2, 0.25) is 0 Å². The van der Waals surface area contributed by atoms with Crippen LogP contribution in [0.3, 0.4) is 0 Å². The molecule has 1 aromatic heterocycles. The summed E-state index contributed by atoms with van der Waals surface area (Å²) in [6, 6.07) is 3.64. The van der Waals surface area contributed by atoms with Gasteiger partial charge in [0.25, 0.3) is 0 Å². The van der Waals surface area contributed by atoms with E-state index in [1.807, 2.05) is 17.5 Å². The number of rotatable bonds is 5. The summed E-state index contributed by atoms with van der Waals surface area (Å²) in [6.45, 7) is 7.00. The fourth-order valence-corrected chi connectivity index (χ4v) is 3.92. The van der Waals surface area contributed by atoms with Gasteiger partial charge in [-0.25, -0.2) is 0 Å². The predicted molar refractivity (Wildman–Crippen MR) is 89.2 cm³/mol. The lowest BCUT2D eigenvalue weighted by atomic mass is 9.69. The molecule has 118 valence electrons. The summed E-state index contributed by atoms with van der Waals surface area (Å²) in [5.74, 6) is 0.747. The first-order chi connectivity index (χ1) is 9.94. The van der Waals surface area contributed by atoms with Crippen LogP contribution in [-0.4, -0.2) is 11.9 Å². The molecule has 0 saturated heterocycles. The predicted octanol–water partition coefficient (Wildman–Crippen LogP) is 3.86. The van der Waals surface area contributed by atoms with E-state index in [4.69, 9.17) is 5.73 Å². The van der Waals surface area contributed by atoms with E-state index in [1.54, 1.807) is 11.3 Å². The molecule has 0 spiro atoms. The lowest BCUT2D eigenvalue weighted by Crippen LogP contribution is -2.43. The molecule has 3 nitrogen and oxygen atoms in total. The highest BCUT2D eigenvalue weighted by molar-refractivity contribution is 7.10. The van der Waals surface area contributed by atoms with Crippen molar-refractivity contribution >= 4 is 17.2 Å². The van der Waals surface area contributed by atoms with Gasteiger partial charge in [0, 0.05) is 10.9 Å². The highest BCUT2D eigenvalue weighted by Gasteiger charge is 2.32. The molecule has 1 fully saturated rings. The van der Waals surface area contributed by atoms with Gasteiger partial charge in [-0.1, -0.05) is 33.3 Å². The molecule has 3 N–H and O–H groups in total. The molecule has 2 rings (SSSR count). The molecule has 4 heteroatoms. The van der Waals surface area contributed by atoms with E-state index >= 15 is 0 Å². The maximum atomic E-state index is 12.2. The minimum atomic E-state index is -0.519. The highest BCUT2D eigenvalue weighted by atomic mass is 32.1. The Kier molecular flexibility index (Phi) is 5.44. The molecule has 0 radical (unpaired) electrons. The average molecular weight is 308 g/mol. The van der Waals surface area contributed by atoms with Gasteiger partial charge in [0.05, 0.1) is 0 Å². The fourth-order valence-electron chi connectivity index (χ4n) is 3.20. The van der Waals surface area contributed by atoms with E-state index in [2.05, 4.69) is 26.1 Å². The van der Waals surface area contributed by atoms with E-state index in [9.17, 15) is 4.79 Å². The number of carbonyl (C=O) groups excluding carboxylic acids is 1. The molecule has 1 saturated carbocycles. The number of carbonyl (C=O) groups is 1. The van der Waals surface area contributed by atoms with E-state index in [0.717, 1.165) is 23.6 Å². The molecule has 1 atom stereocenters. The van der Waals surface area contributed by atoms with E-state index in [-0.39, 0.29) is 5.91 Å². The van der Waals surface area contributed by atoms with Crippen LogP contribution < -0.4 is 11.1 Å². The van der Waals surface area contributed by atoms with Crippen LogP contribution >= 0.6 is 11.3 Å². The van der Waals surface area contributed by atoms with Gasteiger partial charge in [-0.3, -0.25) is 4.79 Å². The Labute approximate surface area is 132 Å².